The standard InChI is InChI=1S/C25H19ClN2O3/c1-17-22(25(30)28(27-17)24(29)19-10-6-3-7-11-19)15-20-14-21(26)12-13-23(20)31-16-18-8-4-2-5-9-18/h2-15H,16H2,1H3/b22-15+. The number of amides is 2. The number of carbonyl (C=O) groups is 2. The molecule has 2 amide bonds. The molecule has 0 aliphatic carbocycles. The monoisotopic (exact) mass is 430 g/mol. The number of hydrazone groups is 1. The minimum atomic E-state index is -0.486. The summed E-state index contributed by atoms with van der Waals surface area (Å²) in [5, 5.41) is 5.58. The van der Waals surface area contributed by atoms with Crippen molar-refractivity contribution < 1.29 is 14.3 Å². The van der Waals surface area contributed by atoms with Crippen LogP contribution in [0.5, 0.6) is 5.75 Å². The lowest BCUT2D eigenvalue weighted by Gasteiger charge is -2.11. The molecular weight excluding hydrogens is 412 g/mol. The SMILES string of the molecule is CC1=NN(C(=O)c2ccccc2)C(=O)/C1=C/c1cc(Cl)ccc1OCc1ccccc1. The van der Waals surface area contributed by atoms with Gasteiger partial charge < -0.3 is 4.74 Å². The average Bonchev–Trinajstić information content (AvgIpc) is 3.07. The molecule has 1 aliphatic rings. The molecule has 3 aromatic rings. The van der Waals surface area contributed by atoms with Crippen LogP contribution in [0.3, 0.4) is 0 Å². The van der Waals surface area contributed by atoms with Crippen LogP contribution >= 0.6 is 11.6 Å². The van der Waals surface area contributed by atoms with E-state index in [1.54, 1.807) is 61.5 Å². The van der Waals surface area contributed by atoms with Crippen LogP contribution in [0.4, 0.5) is 0 Å². The predicted octanol–water partition coefficient (Wildman–Crippen LogP) is 5.36. The Balaban J connectivity index is 1.61. The van der Waals surface area contributed by atoms with Gasteiger partial charge in [0, 0.05) is 16.1 Å². The van der Waals surface area contributed by atoms with Crippen molar-refractivity contribution in [3.05, 3.63) is 106 Å². The van der Waals surface area contributed by atoms with Gasteiger partial charge in [-0.3, -0.25) is 9.59 Å². The van der Waals surface area contributed by atoms with Crippen molar-refractivity contribution in [3.8, 4) is 5.75 Å². The number of hydrogen-bond acceptors (Lipinski definition) is 4. The van der Waals surface area contributed by atoms with Crippen molar-refractivity contribution in [1.82, 2.24) is 5.01 Å². The van der Waals surface area contributed by atoms with Crippen LogP contribution in [0.25, 0.3) is 6.08 Å². The van der Waals surface area contributed by atoms with E-state index in [-0.39, 0.29) is 0 Å². The number of hydrogen-bond donors (Lipinski definition) is 0. The first-order valence-corrected chi connectivity index (χ1v) is 10.1. The van der Waals surface area contributed by atoms with Gasteiger partial charge in [-0.15, -0.1) is 0 Å². The maximum atomic E-state index is 13.0. The molecule has 5 nitrogen and oxygen atoms in total. The third kappa shape index (κ3) is 4.57. The molecule has 154 valence electrons. The highest BCUT2D eigenvalue weighted by molar-refractivity contribution is 6.32. The summed E-state index contributed by atoms with van der Waals surface area (Å²) in [7, 11) is 0. The van der Waals surface area contributed by atoms with E-state index in [0.29, 0.717) is 39.8 Å². The largest absolute Gasteiger partial charge is 0.488 e. The van der Waals surface area contributed by atoms with Gasteiger partial charge in [-0.25, -0.2) is 0 Å². The van der Waals surface area contributed by atoms with E-state index in [4.69, 9.17) is 16.3 Å². The number of carbonyl (C=O) groups excluding carboxylic acids is 2. The van der Waals surface area contributed by atoms with Gasteiger partial charge in [0.15, 0.2) is 0 Å². The normalized spacial score (nSPS) is 14.6. The molecule has 0 saturated carbocycles. The molecule has 1 aliphatic heterocycles. The van der Waals surface area contributed by atoms with Gasteiger partial charge in [-0.2, -0.15) is 10.1 Å². The van der Waals surface area contributed by atoms with E-state index >= 15 is 0 Å². The van der Waals surface area contributed by atoms with E-state index in [9.17, 15) is 9.59 Å². The minimum absolute atomic E-state index is 0.316. The molecule has 31 heavy (non-hydrogen) atoms. The van der Waals surface area contributed by atoms with Crippen molar-refractivity contribution in [2.75, 3.05) is 0 Å². The summed E-state index contributed by atoms with van der Waals surface area (Å²) in [6.45, 7) is 2.06. The number of benzene rings is 3. The zero-order valence-electron chi connectivity index (χ0n) is 16.8. The summed E-state index contributed by atoms with van der Waals surface area (Å²) in [5.41, 5.74) is 2.81. The molecule has 0 saturated heterocycles. The highest BCUT2D eigenvalue weighted by Crippen LogP contribution is 2.28. The zero-order chi connectivity index (χ0) is 21.8. The van der Waals surface area contributed by atoms with Crippen LogP contribution in [-0.4, -0.2) is 22.5 Å². The third-order valence-corrected chi connectivity index (χ3v) is 5.02. The lowest BCUT2D eigenvalue weighted by Crippen LogP contribution is -2.29. The smallest absolute Gasteiger partial charge is 0.283 e. The molecule has 1 heterocycles. The first kappa shape index (κ1) is 20.6. The Bertz CT molecular complexity index is 1190. The Kier molecular flexibility index (Phi) is 5.96. The molecule has 0 aromatic heterocycles. The van der Waals surface area contributed by atoms with E-state index in [0.717, 1.165) is 10.6 Å². The number of imide groups is 1. The van der Waals surface area contributed by atoms with Crippen molar-refractivity contribution in [1.29, 1.82) is 0 Å². The van der Waals surface area contributed by atoms with Crippen molar-refractivity contribution in [3.63, 3.8) is 0 Å². The van der Waals surface area contributed by atoms with Gasteiger partial charge >= 0.3 is 0 Å². The van der Waals surface area contributed by atoms with Gasteiger partial charge in [-0.1, -0.05) is 60.1 Å². The Hall–Kier alpha value is -3.70. The Morgan fingerprint density at radius 3 is 2.42 bits per heavy atom. The Labute approximate surface area is 185 Å². The second-order valence-corrected chi connectivity index (χ2v) is 7.42. The van der Waals surface area contributed by atoms with Crippen LogP contribution in [0, 0.1) is 0 Å². The van der Waals surface area contributed by atoms with Crippen LogP contribution in [-0.2, 0) is 11.4 Å². The second kappa shape index (κ2) is 8.98. The fourth-order valence-electron chi connectivity index (χ4n) is 3.18. The summed E-state index contributed by atoms with van der Waals surface area (Å²) in [6.07, 6.45) is 1.66. The molecule has 0 spiro atoms. The highest BCUT2D eigenvalue weighted by atomic mass is 35.5. The summed E-state index contributed by atoms with van der Waals surface area (Å²) in [4.78, 5) is 25.7. The van der Waals surface area contributed by atoms with Gasteiger partial charge in [0.1, 0.15) is 12.4 Å². The maximum Gasteiger partial charge on any atom is 0.283 e. The first-order chi connectivity index (χ1) is 15.0. The molecule has 4 rings (SSSR count). The molecular formula is C25H19ClN2O3. The number of ether oxygens (including phenoxy) is 1. The molecule has 0 N–H and O–H groups in total. The van der Waals surface area contributed by atoms with E-state index in [1.807, 2.05) is 30.3 Å². The number of nitrogens with zero attached hydrogens (tertiary/aromatic N) is 2. The molecule has 0 bridgehead atoms. The Morgan fingerprint density at radius 2 is 1.71 bits per heavy atom. The number of rotatable bonds is 5. The fraction of sp³-hybridized carbons (Fsp3) is 0.0800. The lowest BCUT2D eigenvalue weighted by atomic mass is 10.1. The fourth-order valence-corrected chi connectivity index (χ4v) is 3.36. The Morgan fingerprint density at radius 1 is 1.03 bits per heavy atom. The van der Waals surface area contributed by atoms with Crippen LogP contribution < -0.4 is 4.74 Å². The maximum absolute atomic E-state index is 13.0. The summed E-state index contributed by atoms with van der Waals surface area (Å²) in [5.74, 6) is -0.380. The van der Waals surface area contributed by atoms with E-state index < -0.39 is 11.8 Å². The first-order valence-electron chi connectivity index (χ1n) is 9.70. The molecule has 0 atom stereocenters. The van der Waals surface area contributed by atoms with E-state index in [1.165, 1.54) is 0 Å². The summed E-state index contributed by atoms with van der Waals surface area (Å²) >= 11 is 6.19. The molecule has 6 heteroatoms. The number of halogens is 1. The van der Waals surface area contributed by atoms with Crippen molar-refractivity contribution >= 4 is 35.2 Å². The zero-order valence-corrected chi connectivity index (χ0v) is 17.5. The van der Waals surface area contributed by atoms with Gasteiger partial charge in [0.25, 0.3) is 11.8 Å². The predicted molar refractivity (Wildman–Crippen MR) is 121 cm³/mol. The van der Waals surface area contributed by atoms with Crippen molar-refractivity contribution in [2.45, 2.75) is 13.5 Å². The lowest BCUT2D eigenvalue weighted by molar-refractivity contribution is -0.123. The van der Waals surface area contributed by atoms with Gasteiger partial charge in [0.05, 0.1) is 11.3 Å². The van der Waals surface area contributed by atoms with E-state index in [2.05, 4.69) is 5.10 Å². The van der Waals surface area contributed by atoms with Gasteiger partial charge in [-0.05, 0) is 48.9 Å². The molecule has 0 fully saturated rings. The minimum Gasteiger partial charge on any atom is -0.488 e. The van der Waals surface area contributed by atoms with Crippen LogP contribution in [0.1, 0.15) is 28.4 Å². The van der Waals surface area contributed by atoms with Crippen LogP contribution in [0.15, 0.2) is 89.5 Å². The van der Waals surface area contributed by atoms with Gasteiger partial charge in [0.2, 0.25) is 0 Å². The third-order valence-electron chi connectivity index (χ3n) is 4.78. The summed E-state index contributed by atoms with van der Waals surface area (Å²) < 4.78 is 5.97. The van der Waals surface area contributed by atoms with Crippen molar-refractivity contribution in [2.24, 2.45) is 5.10 Å². The van der Waals surface area contributed by atoms with Crippen LogP contribution in [0.2, 0.25) is 5.02 Å². The molecule has 0 radical (unpaired) electrons. The average molecular weight is 431 g/mol. The topological polar surface area (TPSA) is 59.0 Å². The highest BCUT2D eigenvalue weighted by Gasteiger charge is 2.33. The molecule has 0 unspecified atom stereocenters. The molecule has 3 aromatic carbocycles. The second-order valence-electron chi connectivity index (χ2n) is 6.99. The summed E-state index contributed by atoms with van der Waals surface area (Å²) in [6, 6.07) is 23.6. The quantitative estimate of drug-likeness (QED) is 0.404.